The van der Waals surface area contributed by atoms with Gasteiger partial charge in [-0.25, -0.2) is 9.38 Å². The minimum atomic E-state index is -0.188. The normalized spacial score (nSPS) is 11.5. The van der Waals surface area contributed by atoms with Crippen LogP contribution in [0.2, 0.25) is 0 Å². The highest BCUT2D eigenvalue weighted by Crippen LogP contribution is 2.09. The van der Waals surface area contributed by atoms with Crippen LogP contribution in [-0.4, -0.2) is 32.3 Å². The number of benzene rings is 1. The molecule has 0 atom stereocenters. The molecule has 0 bridgehead atoms. The van der Waals surface area contributed by atoms with Crippen LogP contribution in [0.3, 0.4) is 0 Å². The van der Waals surface area contributed by atoms with Crippen LogP contribution >= 0.6 is 0 Å². The standard InChI is InChI=1S/C15H24FN3O/c1-4-17-15(18-8-9-20-5-2)19-11-13-7-6-12(3)14(16)10-13/h6-7,10H,4-5,8-9,11H2,1-3H3,(H2,17,18,19). The second-order valence-corrected chi connectivity index (χ2v) is 4.40. The molecule has 5 heteroatoms. The molecule has 112 valence electrons. The molecular formula is C15H24FN3O. The Kier molecular flexibility index (Phi) is 7.65. The van der Waals surface area contributed by atoms with Gasteiger partial charge >= 0.3 is 0 Å². The van der Waals surface area contributed by atoms with E-state index in [2.05, 4.69) is 15.6 Å². The van der Waals surface area contributed by atoms with Crippen LogP contribution in [0.1, 0.15) is 25.0 Å². The van der Waals surface area contributed by atoms with Crippen molar-refractivity contribution in [3.8, 4) is 0 Å². The summed E-state index contributed by atoms with van der Waals surface area (Å²) in [5.74, 6) is 0.528. The van der Waals surface area contributed by atoms with E-state index in [1.54, 1.807) is 13.0 Å². The van der Waals surface area contributed by atoms with Crippen molar-refractivity contribution in [1.82, 2.24) is 10.6 Å². The summed E-state index contributed by atoms with van der Waals surface area (Å²) in [5.41, 5.74) is 1.51. The van der Waals surface area contributed by atoms with Crippen molar-refractivity contribution >= 4 is 5.96 Å². The highest BCUT2D eigenvalue weighted by Gasteiger charge is 2.00. The lowest BCUT2D eigenvalue weighted by molar-refractivity contribution is 0.152. The minimum Gasteiger partial charge on any atom is -0.380 e. The summed E-state index contributed by atoms with van der Waals surface area (Å²) in [6.45, 7) is 8.99. The van der Waals surface area contributed by atoms with Crippen LogP contribution in [0.5, 0.6) is 0 Å². The van der Waals surface area contributed by atoms with Crippen LogP contribution in [0.15, 0.2) is 23.2 Å². The van der Waals surface area contributed by atoms with Crippen LogP contribution in [-0.2, 0) is 11.3 Å². The van der Waals surface area contributed by atoms with Gasteiger partial charge in [0.25, 0.3) is 0 Å². The van der Waals surface area contributed by atoms with Gasteiger partial charge in [0, 0.05) is 19.7 Å². The van der Waals surface area contributed by atoms with E-state index < -0.39 is 0 Å². The van der Waals surface area contributed by atoms with Crippen molar-refractivity contribution in [2.75, 3.05) is 26.3 Å². The van der Waals surface area contributed by atoms with Crippen molar-refractivity contribution in [3.05, 3.63) is 35.1 Å². The number of aryl methyl sites for hydroxylation is 1. The average molecular weight is 281 g/mol. The fourth-order valence-electron chi connectivity index (χ4n) is 1.63. The third kappa shape index (κ3) is 6.02. The fraction of sp³-hybridized carbons (Fsp3) is 0.533. The Morgan fingerprint density at radius 3 is 2.75 bits per heavy atom. The van der Waals surface area contributed by atoms with E-state index in [1.807, 2.05) is 19.9 Å². The number of nitrogens with zero attached hydrogens (tertiary/aromatic N) is 1. The first-order chi connectivity index (χ1) is 9.67. The molecule has 0 aliphatic carbocycles. The molecule has 0 amide bonds. The van der Waals surface area contributed by atoms with Gasteiger partial charge < -0.3 is 15.4 Å². The summed E-state index contributed by atoms with van der Waals surface area (Å²) < 4.78 is 18.7. The highest BCUT2D eigenvalue weighted by atomic mass is 19.1. The van der Waals surface area contributed by atoms with Gasteiger partial charge in [-0.1, -0.05) is 12.1 Å². The van der Waals surface area contributed by atoms with Crippen molar-refractivity contribution < 1.29 is 9.13 Å². The van der Waals surface area contributed by atoms with Crippen molar-refractivity contribution in [2.24, 2.45) is 4.99 Å². The molecule has 0 aliphatic rings. The van der Waals surface area contributed by atoms with Gasteiger partial charge in [-0.15, -0.1) is 0 Å². The second kappa shape index (κ2) is 9.31. The minimum absolute atomic E-state index is 0.188. The van der Waals surface area contributed by atoms with Gasteiger partial charge in [0.1, 0.15) is 5.82 Å². The number of ether oxygens (including phenoxy) is 1. The molecule has 0 aliphatic heterocycles. The van der Waals surface area contributed by atoms with Crippen LogP contribution in [0, 0.1) is 12.7 Å². The summed E-state index contributed by atoms with van der Waals surface area (Å²) in [7, 11) is 0. The Balaban J connectivity index is 2.54. The van der Waals surface area contributed by atoms with Crippen molar-refractivity contribution in [2.45, 2.75) is 27.3 Å². The zero-order valence-electron chi connectivity index (χ0n) is 12.5. The monoisotopic (exact) mass is 281 g/mol. The molecule has 0 aromatic heterocycles. The van der Waals surface area contributed by atoms with Gasteiger partial charge in [0.05, 0.1) is 13.2 Å². The molecule has 1 aromatic rings. The fourth-order valence-corrected chi connectivity index (χ4v) is 1.63. The lowest BCUT2D eigenvalue weighted by Crippen LogP contribution is -2.39. The summed E-state index contributed by atoms with van der Waals surface area (Å²) >= 11 is 0. The Bertz CT molecular complexity index is 435. The molecule has 0 fully saturated rings. The predicted molar refractivity (Wildman–Crippen MR) is 80.4 cm³/mol. The van der Waals surface area contributed by atoms with E-state index in [-0.39, 0.29) is 5.82 Å². The van der Waals surface area contributed by atoms with Crippen molar-refractivity contribution in [1.29, 1.82) is 0 Å². The Morgan fingerprint density at radius 2 is 2.10 bits per heavy atom. The van der Waals surface area contributed by atoms with E-state index in [4.69, 9.17) is 4.74 Å². The molecule has 0 unspecified atom stereocenters. The quantitative estimate of drug-likeness (QED) is 0.458. The van der Waals surface area contributed by atoms with Gasteiger partial charge in [-0.2, -0.15) is 0 Å². The zero-order valence-corrected chi connectivity index (χ0v) is 12.5. The molecule has 1 aromatic carbocycles. The largest absolute Gasteiger partial charge is 0.380 e. The third-order valence-electron chi connectivity index (χ3n) is 2.74. The maximum atomic E-state index is 13.4. The molecule has 0 saturated heterocycles. The Morgan fingerprint density at radius 1 is 1.30 bits per heavy atom. The lowest BCUT2D eigenvalue weighted by atomic mass is 10.1. The van der Waals surface area contributed by atoms with E-state index in [1.165, 1.54) is 6.07 Å². The molecule has 0 radical (unpaired) electrons. The van der Waals surface area contributed by atoms with Gasteiger partial charge in [-0.3, -0.25) is 0 Å². The van der Waals surface area contributed by atoms with E-state index in [9.17, 15) is 4.39 Å². The Hall–Kier alpha value is -1.62. The number of hydrogen-bond acceptors (Lipinski definition) is 2. The number of hydrogen-bond donors (Lipinski definition) is 2. The number of nitrogens with one attached hydrogen (secondary N) is 2. The highest BCUT2D eigenvalue weighted by molar-refractivity contribution is 5.79. The van der Waals surface area contributed by atoms with Gasteiger partial charge in [0.15, 0.2) is 5.96 Å². The number of guanidine groups is 1. The first-order valence-corrected chi connectivity index (χ1v) is 7.02. The molecule has 20 heavy (non-hydrogen) atoms. The summed E-state index contributed by atoms with van der Waals surface area (Å²) in [5, 5.41) is 6.32. The first kappa shape index (κ1) is 16.4. The molecule has 0 saturated carbocycles. The number of aliphatic imine (C=N–C) groups is 1. The average Bonchev–Trinajstić information content (AvgIpc) is 2.44. The summed E-state index contributed by atoms with van der Waals surface area (Å²) in [6.07, 6.45) is 0. The molecular weight excluding hydrogens is 257 g/mol. The molecule has 0 heterocycles. The topological polar surface area (TPSA) is 45.7 Å². The van der Waals surface area contributed by atoms with Gasteiger partial charge in [-0.05, 0) is 38.0 Å². The smallest absolute Gasteiger partial charge is 0.191 e. The van der Waals surface area contributed by atoms with E-state index >= 15 is 0 Å². The van der Waals surface area contributed by atoms with Crippen molar-refractivity contribution in [3.63, 3.8) is 0 Å². The Labute approximate surface area is 120 Å². The molecule has 4 nitrogen and oxygen atoms in total. The lowest BCUT2D eigenvalue weighted by Gasteiger charge is -2.11. The molecule has 1 rings (SSSR count). The van der Waals surface area contributed by atoms with Crippen LogP contribution in [0.4, 0.5) is 4.39 Å². The maximum Gasteiger partial charge on any atom is 0.191 e. The molecule has 0 spiro atoms. The SMILES string of the molecule is CCNC(=NCc1ccc(C)c(F)c1)NCCOCC. The summed E-state index contributed by atoms with van der Waals surface area (Å²) in [6, 6.07) is 5.20. The first-order valence-electron chi connectivity index (χ1n) is 7.02. The summed E-state index contributed by atoms with van der Waals surface area (Å²) in [4.78, 5) is 4.42. The number of halogens is 1. The zero-order chi connectivity index (χ0) is 14.8. The molecule has 2 N–H and O–H groups in total. The maximum absolute atomic E-state index is 13.4. The predicted octanol–water partition coefficient (Wildman–Crippen LogP) is 2.23. The van der Waals surface area contributed by atoms with Crippen LogP contribution < -0.4 is 10.6 Å². The van der Waals surface area contributed by atoms with E-state index in [0.29, 0.717) is 37.8 Å². The van der Waals surface area contributed by atoms with Gasteiger partial charge in [0.2, 0.25) is 0 Å². The van der Waals surface area contributed by atoms with Crippen LogP contribution in [0.25, 0.3) is 0 Å². The third-order valence-corrected chi connectivity index (χ3v) is 2.74. The number of rotatable bonds is 7. The second-order valence-electron chi connectivity index (χ2n) is 4.40. The van der Waals surface area contributed by atoms with E-state index in [0.717, 1.165) is 12.1 Å².